The summed E-state index contributed by atoms with van der Waals surface area (Å²) in [7, 11) is -3.76. The molecule has 0 aliphatic heterocycles. The molecule has 8 heteroatoms. The smallest absolute Gasteiger partial charge is 0.336 e. The van der Waals surface area contributed by atoms with Crippen LogP contribution in [0.25, 0.3) is 0 Å². The number of hydrogen-bond donors (Lipinski definition) is 3. The fourth-order valence-electron chi connectivity index (χ4n) is 1.47. The minimum atomic E-state index is -3.76. The first-order valence-corrected chi connectivity index (χ1v) is 8.08. The highest BCUT2D eigenvalue weighted by molar-refractivity contribution is 7.91. The number of carbonyl (C=O) groups is 1. The summed E-state index contributed by atoms with van der Waals surface area (Å²) in [6.07, 6.45) is -0.262. The van der Waals surface area contributed by atoms with E-state index >= 15 is 0 Å². The van der Waals surface area contributed by atoms with E-state index in [2.05, 4.69) is 4.72 Å². The third-order valence-electron chi connectivity index (χ3n) is 2.34. The van der Waals surface area contributed by atoms with Gasteiger partial charge < -0.3 is 10.2 Å². The number of carboxylic acid groups (broad SMARTS) is 1. The predicted octanol–water partition coefficient (Wildman–Crippen LogP) is 1.13. The van der Waals surface area contributed by atoms with E-state index in [-0.39, 0.29) is 22.2 Å². The van der Waals surface area contributed by atoms with Gasteiger partial charge in [0.1, 0.15) is 4.21 Å². The fraction of sp³-hybridized carbons (Fsp3) is 0.545. The summed E-state index contributed by atoms with van der Waals surface area (Å²) >= 11 is 0.837. The quantitative estimate of drug-likeness (QED) is 0.700. The van der Waals surface area contributed by atoms with Gasteiger partial charge in [-0.2, -0.15) is 0 Å². The Kier molecular flexibility index (Phi) is 5.48. The molecule has 0 aromatic carbocycles. The zero-order chi connectivity index (χ0) is 14.6. The van der Waals surface area contributed by atoms with Crippen LogP contribution in [0.5, 0.6) is 0 Å². The SMILES string of the molecule is CC(C)CC(O)CNS(=O)(=O)c1cc(C(=O)O)cs1. The lowest BCUT2D eigenvalue weighted by Gasteiger charge is -2.13. The number of rotatable bonds is 7. The normalized spacial score (nSPS) is 13.7. The summed E-state index contributed by atoms with van der Waals surface area (Å²) in [6, 6.07) is 1.10. The molecule has 0 saturated heterocycles. The van der Waals surface area contributed by atoms with Crippen molar-refractivity contribution in [2.24, 2.45) is 5.92 Å². The number of aliphatic hydroxyl groups is 1. The molecule has 0 saturated carbocycles. The van der Waals surface area contributed by atoms with Gasteiger partial charge in [0.2, 0.25) is 10.0 Å². The number of thiophene rings is 1. The summed E-state index contributed by atoms with van der Waals surface area (Å²) in [4.78, 5) is 10.7. The van der Waals surface area contributed by atoms with Gasteiger partial charge in [0, 0.05) is 11.9 Å². The Hall–Kier alpha value is -0.960. The average Bonchev–Trinajstić information content (AvgIpc) is 2.75. The van der Waals surface area contributed by atoms with Crippen LogP contribution in [-0.4, -0.2) is 37.2 Å². The third kappa shape index (κ3) is 4.90. The van der Waals surface area contributed by atoms with Crippen LogP contribution in [0.3, 0.4) is 0 Å². The number of hydrogen-bond acceptors (Lipinski definition) is 5. The maximum atomic E-state index is 11.9. The first-order chi connectivity index (χ1) is 8.72. The molecule has 0 aliphatic rings. The lowest BCUT2D eigenvalue weighted by atomic mass is 10.1. The van der Waals surface area contributed by atoms with Gasteiger partial charge in [-0.3, -0.25) is 0 Å². The molecule has 0 fully saturated rings. The molecule has 0 aliphatic carbocycles. The third-order valence-corrected chi connectivity index (χ3v) is 5.20. The van der Waals surface area contributed by atoms with E-state index in [1.807, 2.05) is 13.8 Å². The first kappa shape index (κ1) is 16.1. The molecule has 0 amide bonds. The molecule has 0 spiro atoms. The molecule has 0 bridgehead atoms. The van der Waals surface area contributed by atoms with Gasteiger partial charge in [-0.25, -0.2) is 17.9 Å². The van der Waals surface area contributed by atoms with Crippen LogP contribution >= 0.6 is 11.3 Å². The van der Waals surface area contributed by atoms with Crippen LogP contribution < -0.4 is 4.72 Å². The van der Waals surface area contributed by atoms with Crippen molar-refractivity contribution in [1.82, 2.24) is 4.72 Å². The number of carboxylic acids is 1. The molecule has 1 aromatic rings. The van der Waals surface area contributed by atoms with Gasteiger partial charge in [0.05, 0.1) is 11.7 Å². The Morgan fingerprint density at radius 1 is 1.47 bits per heavy atom. The van der Waals surface area contributed by atoms with Crippen molar-refractivity contribution >= 4 is 27.3 Å². The van der Waals surface area contributed by atoms with Crippen molar-refractivity contribution in [2.75, 3.05) is 6.54 Å². The Morgan fingerprint density at radius 3 is 2.58 bits per heavy atom. The van der Waals surface area contributed by atoms with E-state index in [9.17, 15) is 18.3 Å². The molecule has 1 aromatic heterocycles. The van der Waals surface area contributed by atoms with Crippen LogP contribution in [0.1, 0.15) is 30.6 Å². The largest absolute Gasteiger partial charge is 0.478 e. The zero-order valence-electron chi connectivity index (χ0n) is 10.7. The Bertz CT molecular complexity index is 535. The molecule has 1 heterocycles. The van der Waals surface area contributed by atoms with Crippen molar-refractivity contribution in [3.63, 3.8) is 0 Å². The number of aromatic carboxylic acids is 1. The molecule has 108 valence electrons. The topological polar surface area (TPSA) is 104 Å². The molecular formula is C11H17NO5S2. The minimum Gasteiger partial charge on any atom is -0.478 e. The summed E-state index contributed by atoms with van der Waals surface area (Å²) in [5.74, 6) is -0.905. The fourth-order valence-corrected chi connectivity index (χ4v) is 3.75. The highest BCUT2D eigenvalue weighted by Crippen LogP contribution is 2.20. The van der Waals surface area contributed by atoms with Gasteiger partial charge >= 0.3 is 5.97 Å². The lowest BCUT2D eigenvalue weighted by Crippen LogP contribution is -2.32. The number of nitrogens with one attached hydrogen (secondary N) is 1. The molecule has 1 unspecified atom stereocenters. The molecular weight excluding hydrogens is 290 g/mol. The second kappa shape index (κ2) is 6.47. The number of aliphatic hydroxyl groups excluding tert-OH is 1. The number of sulfonamides is 1. The Labute approximate surface area is 116 Å². The van der Waals surface area contributed by atoms with Crippen molar-refractivity contribution in [3.8, 4) is 0 Å². The van der Waals surface area contributed by atoms with Gasteiger partial charge in [-0.05, 0) is 18.4 Å². The van der Waals surface area contributed by atoms with Crippen molar-refractivity contribution < 1.29 is 23.4 Å². The summed E-state index contributed by atoms with van der Waals surface area (Å²) < 4.78 is 25.9. The van der Waals surface area contributed by atoms with E-state index in [0.29, 0.717) is 6.42 Å². The highest BCUT2D eigenvalue weighted by Gasteiger charge is 2.20. The van der Waals surface area contributed by atoms with E-state index < -0.39 is 22.1 Å². The molecule has 6 nitrogen and oxygen atoms in total. The molecule has 3 N–H and O–H groups in total. The highest BCUT2D eigenvalue weighted by atomic mass is 32.2. The van der Waals surface area contributed by atoms with E-state index in [1.54, 1.807) is 0 Å². The van der Waals surface area contributed by atoms with Crippen molar-refractivity contribution in [3.05, 3.63) is 17.0 Å². The van der Waals surface area contributed by atoms with Crippen LogP contribution in [-0.2, 0) is 10.0 Å². The van der Waals surface area contributed by atoms with Gasteiger partial charge in [-0.1, -0.05) is 13.8 Å². The van der Waals surface area contributed by atoms with E-state index in [1.165, 1.54) is 5.38 Å². The van der Waals surface area contributed by atoms with Crippen molar-refractivity contribution in [2.45, 2.75) is 30.6 Å². The predicted molar refractivity (Wildman–Crippen MR) is 71.9 cm³/mol. The second-order valence-electron chi connectivity index (χ2n) is 4.59. The maximum absolute atomic E-state index is 11.9. The van der Waals surface area contributed by atoms with E-state index in [4.69, 9.17) is 5.11 Å². The summed E-state index contributed by atoms with van der Waals surface area (Å²) in [5.41, 5.74) is -0.0619. The van der Waals surface area contributed by atoms with Gasteiger partial charge in [-0.15, -0.1) is 11.3 Å². The zero-order valence-corrected chi connectivity index (χ0v) is 12.3. The monoisotopic (exact) mass is 307 g/mol. The lowest BCUT2D eigenvalue weighted by molar-refractivity contribution is 0.0697. The summed E-state index contributed by atoms with van der Waals surface area (Å²) in [5, 5.41) is 19.6. The van der Waals surface area contributed by atoms with Crippen LogP contribution in [0.15, 0.2) is 15.7 Å². The molecule has 1 rings (SSSR count). The minimum absolute atomic E-state index is 0.0619. The van der Waals surface area contributed by atoms with E-state index in [0.717, 1.165) is 17.4 Å². The van der Waals surface area contributed by atoms with Crippen LogP contribution in [0.2, 0.25) is 0 Å². The van der Waals surface area contributed by atoms with Gasteiger partial charge in [0.15, 0.2) is 0 Å². The molecule has 1 atom stereocenters. The molecule has 19 heavy (non-hydrogen) atoms. The molecule has 0 radical (unpaired) electrons. The maximum Gasteiger partial charge on any atom is 0.336 e. The average molecular weight is 307 g/mol. The summed E-state index contributed by atoms with van der Waals surface area (Å²) in [6.45, 7) is 3.77. The van der Waals surface area contributed by atoms with Gasteiger partial charge in [0.25, 0.3) is 0 Å². The first-order valence-electron chi connectivity index (χ1n) is 5.72. The second-order valence-corrected chi connectivity index (χ2v) is 7.50. The van der Waals surface area contributed by atoms with Crippen molar-refractivity contribution in [1.29, 1.82) is 0 Å². The Morgan fingerprint density at radius 2 is 2.11 bits per heavy atom. The standard InChI is InChI=1S/C11H17NO5S2/c1-7(2)3-9(13)5-12-19(16,17)10-4-8(6-18-10)11(14)15/h4,6-7,9,12-13H,3,5H2,1-2H3,(H,14,15). The Balaban J connectivity index is 2.67. The van der Waals surface area contributed by atoms with Crippen LogP contribution in [0.4, 0.5) is 0 Å². The van der Waals surface area contributed by atoms with Crippen LogP contribution in [0, 0.1) is 5.92 Å².